The van der Waals surface area contributed by atoms with Gasteiger partial charge in [-0.1, -0.05) is 56.3 Å². The van der Waals surface area contributed by atoms with E-state index in [0.717, 1.165) is 6.42 Å². The van der Waals surface area contributed by atoms with E-state index in [0.29, 0.717) is 19.5 Å². The van der Waals surface area contributed by atoms with Gasteiger partial charge in [-0.05, 0) is 34.7 Å². The number of aryl methyl sites for hydroxylation is 1. The van der Waals surface area contributed by atoms with E-state index in [2.05, 4.69) is 44.2 Å². The molecule has 0 aliphatic heterocycles. The van der Waals surface area contributed by atoms with Crippen LogP contribution in [0.15, 0.2) is 42.5 Å². The summed E-state index contributed by atoms with van der Waals surface area (Å²) < 4.78 is 0. The molecule has 0 radical (unpaired) electrons. The first-order chi connectivity index (χ1) is 10.4. The van der Waals surface area contributed by atoms with E-state index < -0.39 is 0 Å². The highest BCUT2D eigenvalue weighted by molar-refractivity contribution is 5.85. The molecule has 0 unspecified atom stereocenters. The number of carbonyl (C=O) groups is 1. The molecule has 0 bridgehead atoms. The maximum atomic E-state index is 12.3. The van der Waals surface area contributed by atoms with Crippen molar-refractivity contribution in [3.8, 4) is 0 Å². The molecule has 3 nitrogen and oxygen atoms in total. The minimum Gasteiger partial charge on any atom is -0.345 e. The molecular weight excluding hydrogens is 308 g/mol. The van der Waals surface area contributed by atoms with Crippen LogP contribution in [0.2, 0.25) is 0 Å². The third kappa shape index (κ3) is 5.52. The molecule has 0 aliphatic carbocycles. The summed E-state index contributed by atoms with van der Waals surface area (Å²) in [4.78, 5) is 14.1. The van der Waals surface area contributed by atoms with Gasteiger partial charge in [0, 0.05) is 20.0 Å². The lowest BCUT2D eigenvalue weighted by Crippen LogP contribution is -2.39. The van der Waals surface area contributed by atoms with Gasteiger partial charge in [-0.25, -0.2) is 0 Å². The lowest BCUT2D eigenvalue weighted by Gasteiger charge is -2.29. The molecule has 0 saturated heterocycles. The molecule has 2 aromatic carbocycles. The van der Waals surface area contributed by atoms with Gasteiger partial charge in [0.2, 0.25) is 5.91 Å². The minimum absolute atomic E-state index is 0. The van der Waals surface area contributed by atoms with Crippen molar-refractivity contribution < 1.29 is 4.79 Å². The normalized spacial score (nSPS) is 11.1. The number of hydrogen-bond donors (Lipinski definition) is 1. The average Bonchev–Trinajstić information content (AvgIpc) is 2.52. The van der Waals surface area contributed by atoms with Crippen molar-refractivity contribution in [1.82, 2.24) is 4.90 Å². The third-order valence-electron chi connectivity index (χ3n) is 4.08. The zero-order valence-corrected chi connectivity index (χ0v) is 15.0. The Morgan fingerprint density at radius 3 is 2.43 bits per heavy atom. The summed E-state index contributed by atoms with van der Waals surface area (Å²) >= 11 is 0. The van der Waals surface area contributed by atoms with Gasteiger partial charge in [0.25, 0.3) is 0 Å². The highest BCUT2D eigenvalue weighted by Crippen LogP contribution is 2.18. The van der Waals surface area contributed by atoms with E-state index in [1.54, 1.807) is 4.90 Å². The largest absolute Gasteiger partial charge is 0.345 e. The maximum Gasteiger partial charge on any atom is 0.222 e. The van der Waals surface area contributed by atoms with Crippen LogP contribution in [0.5, 0.6) is 0 Å². The number of carbonyl (C=O) groups excluding carboxylic acids is 1. The number of benzene rings is 2. The Kier molecular flexibility index (Phi) is 7.04. The molecule has 126 valence electrons. The van der Waals surface area contributed by atoms with E-state index >= 15 is 0 Å². The van der Waals surface area contributed by atoms with Crippen molar-refractivity contribution in [2.24, 2.45) is 11.1 Å². The molecule has 4 heteroatoms. The van der Waals surface area contributed by atoms with Crippen LogP contribution in [0.25, 0.3) is 10.8 Å². The van der Waals surface area contributed by atoms with Crippen LogP contribution in [-0.2, 0) is 11.2 Å². The molecule has 2 rings (SSSR count). The van der Waals surface area contributed by atoms with Crippen LogP contribution < -0.4 is 5.73 Å². The first kappa shape index (κ1) is 19.5. The van der Waals surface area contributed by atoms with Crippen molar-refractivity contribution in [3.63, 3.8) is 0 Å². The number of rotatable bonds is 6. The number of hydrogen-bond acceptors (Lipinski definition) is 2. The second-order valence-electron chi connectivity index (χ2n) is 6.80. The standard InChI is InChI=1S/C19H26N2O.ClH/c1-19(2,13-20)14-21(3)18(22)11-9-15-8-10-16-6-4-5-7-17(16)12-15;/h4-8,10,12H,9,11,13-14,20H2,1-3H3;1H. The molecule has 0 heterocycles. The second-order valence-corrected chi connectivity index (χ2v) is 6.80. The van der Waals surface area contributed by atoms with Gasteiger partial charge in [-0.2, -0.15) is 0 Å². The maximum absolute atomic E-state index is 12.3. The van der Waals surface area contributed by atoms with Crippen LogP contribution in [0.4, 0.5) is 0 Å². The third-order valence-corrected chi connectivity index (χ3v) is 4.08. The number of fused-ring (bicyclic) bond motifs is 1. The molecule has 0 fully saturated rings. The Morgan fingerprint density at radius 1 is 1.13 bits per heavy atom. The van der Waals surface area contributed by atoms with Gasteiger partial charge in [0.05, 0.1) is 0 Å². The minimum atomic E-state index is -0.0344. The zero-order chi connectivity index (χ0) is 16.2. The summed E-state index contributed by atoms with van der Waals surface area (Å²) in [6.07, 6.45) is 1.31. The topological polar surface area (TPSA) is 46.3 Å². The summed E-state index contributed by atoms with van der Waals surface area (Å²) in [5.41, 5.74) is 6.91. The van der Waals surface area contributed by atoms with Crippen LogP contribution in [-0.4, -0.2) is 30.9 Å². The first-order valence-electron chi connectivity index (χ1n) is 7.83. The highest BCUT2D eigenvalue weighted by atomic mass is 35.5. The Hall–Kier alpha value is -1.58. The second kappa shape index (κ2) is 8.32. The number of nitrogens with two attached hydrogens (primary N) is 1. The van der Waals surface area contributed by atoms with Gasteiger partial charge >= 0.3 is 0 Å². The molecule has 0 saturated carbocycles. The molecule has 2 N–H and O–H groups in total. The Balaban J connectivity index is 0.00000264. The van der Waals surface area contributed by atoms with Crippen LogP contribution in [0.3, 0.4) is 0 Å². The lowest BCUT2D eigenvalue weighted by molar-refractivity contribution is -0.131. The SMILES string of the molecule is CN(CC(C)(C)CN)C(=O)CCc1ccc2ccccc2c1.Cl. The van der Waals surface area contributed by atoms with Gasteiger partial charge in [-0.3, -0.25) is 4.79 Å². The number of halogens is 1. The fourth-order valence-electron chi connectivity index (χ4n) is 2.63. The number of nitrogens with zero attached hydrogens (tertiary/aromatic N) is 1. The first-order valence-corrected chi connectivity index (χ1v) is 7.83. The van der Waals surface area contributed by atoms with E-state index in [9.17, 15) is 4.79 Å². The smallest absolute Gasteiger partial charge is 0.222 e. The van der Waals surface area contributed by atoms with Crippen LogP contribution in [0, 0.1) is 5.41 Å². The van der Waals surface area contributed by atoms with E-state index in [1.165, 1.54) is 16.3 Å². The quantitative estimate of drug-likeness (QED) is 0.876. The predicted octanol–water partition coefficient (Wildman–Crippen LogP) is 3.64. The van der Waals surface area contributed by atoms with Crippen molar-refractivity contribution in [1.29, 1.82) is 0 Å². The zero-order valence-electron chi connectivity index (χ0n) is 14.2. The summed E-state index contributed by atoms with van der Waals surface area (Å²) in [5.74, 6) is 0.176. The van der Waals surface area contributed by atoms with E-state index in [-0.39, 0.29) is 23.7 Å². The summed E-state index contributed by atoms with van der Waals surface area (Å²) in [5, 5.41) is 2.46. The van der Waals surface area contributed by atoms with Gasteiger partial charge in [-0.15, -0.1) is 12.4 Å². The fourth-order valence-corrected chi connectivity index (χ4v) is 2.63. The highest BCUT2D eigenvalue weighted by Gasteiger charge is 2.20. The fraction of sp³-hybridized carbons (Fsp3) is 0.421. The average molecular weight is 335 g/mol. The van der Waals surface area contributed by atoms with E-state index in [4.69, 9.17) is 5.73 Å². The van der Waals surface area contributed by atoms with Gasteiger partial charge < -0.3 is 10.6 Å². The van der Waals surface area contributed by atoms with Crippen molar-refractivity contribution in [2.75, 3.05) is 20.1 Å². The van der Waals surface area contributed by atoms with Crippen LogP contribution >= 0.6 is 12.4 Å². The lowest BCUT2D eigenvalue weighted by atomic mass is 9.93. The van der Waals surface area contributed by atoms with Gasteiger partial charge in [0.1, 0.15) is 0 Å². The summed E-state index contributed by atoms with van der Waals surface area (Å²) in [7, 11) is 1.86. The van der Waals surface area contributed by atoms with E-state index in [1.807, 2.05) is 19.2 Å². The molecule has 0 spiro atoms. The number of amides is 1. The van der Waals surface area contributed by atoms with Crippen molar-refractivity contribution >= 4 is 29.1 Å². The molecule has 23 heavy (non-hydrogen) atoms. The molecule has 2 aromatic rings. The monoisotopic (exact) mass is 334 g/mol. The molecule has 0 aliphatic rings. The Morgan fingerprint density at radius 2 is 1.78 bits per heavy atom. The molecule has 1 amide bonds. The summed E-state index contributed by atoms with van der Waals surface area (Å²) in [6.45, 7) is 5.44. The van der Waals surface area contributed by atoms with Crippen LogP contribution in [0.1, 0.15) is 25.8 Å². The Bertz CT molecular complexity index is 655. The molecular formula is C19H27ClN2O. The molecule has 0 aromatic heterocycles. The Labute approximate surface area is 145 Å². The predicted molar refractivity (Wildman–Crippen MR) is 100.0 cm³/mol. The van der Waals surface area contributed by atoms with Gasteiger partial charge in [0.15, 0.2) is 0 Å². The van der Waals surface area contributed by atoms with Crippen molar-refractivity contribution in [2.45, 2.75) is 26.7 Å². The van der Waals surface area contributed by atoms with Crippen molar-refractivity contribution in [3.05, 3.63) is 48.0 Å². The molecule has 0 atom stereocenters. The summed E-state index contributed by atoms with van der Waals surface area (Å²) in [6, 6.07) is 14.7.